The molecule has 0 bridgehead atoms. The summed E-state index contributed by atoms with van der Waals surface area (Å²) in [4.78, 5) is 7.98. The molecule has 3 rings (SSSR count). The van der Waals surface area contributed by atoms with E-state index >= 15 is 0 Å². The van der Waals surface area contributed by atoms with Crippen LogP contribution in [0.4, 0.5) is 0 Å². The molecule has 0 aliphatic carbocycles. The summed E-state index contributed by atoms with van der Waals surface area (Å²) in [6, 6.07) is 16.6. The van der Waals surface area contributed by atoms with Crippen LogP contribution in [0.3, 0.4) is 0 Å². The van der Waals surface area contributed by atoms with Crippen LogP contribution in [0.1, 0.15) is 24.4 Å². The number of para-hydroxylation sites is 2. The fourth-order valence-corrected chi connectivity index (χ4v) is 2.64. The van der Waals surface area contributed by atoms with Crippen molar-refractivity contribution in [3.63, 3.8) is 0 Å². The number of fused-ring (bicyclic) bond motifs is 1. The summed E-state index contributed by atoms with van der Waals surface area (Å²) < 4.78 is 1.10. The second kappa shape index (κ2) is 5.77. The number of nitrogens with one attached hydrogen (secondary N) is 2. The van der Waals surface area contributed by atoms with Crippen molar-refractivity contribution in [2.24, 2.45) is 0 Å². The van der Waals surface area contributed by atoms with E-state index in [0.717, 1.165) is 27.9 Å². The Hall–Kier alpha value is -1.65. The van der Waals surface area contributed by atoms with Gasteiger partial charge >= 0.3 is 0 Å². The summed E-state index contributed by atoms with van der Waals surface area (Å²) in [5.74, 6) is 0.973. The molecule has 4 heteroatoms. The quantitative estimate of drug-likeness (QED) is 0.753. The van der Waals surface area contributed by atoms with E-state index in [2.05, 4.69) is 50.3 Å². The molecule has 2 aromatic carbocycles. The lowest BCUT2D eigenvalue weighted by Gasteiger charge is -2.11. The molecule has 0 aliphatic rings. The van der Waals surface area contributed by atoms with Gasteiger partial charge in [0.2, 0.25) is 0 Å². The number of aromatic nitrogens is 2. The number of hydrogen-bond acceptors (Lipinski definition) is 2. The Kier molecular flexibility index (Phi) is 3.85. The van der Waals surface area contributed by atoms with Crippen LogP contribution >= 0.6 is 15.9 Å². The maximum atomic E-state index is 4.62. The maximum Gasteiger partial charge on any atom is 0.124 e. The third-order valence-corrected chi connectivity index (χ3v) is 3.81. The Balaban J connectivity index is 1.71. The molecule has 0 saturated carbocycles. The molecule has 2 N–H and O–H groups in total. The lowest BCUT2D eigenvalue weighted by Crippen LogP contribution is -2.19. The molecular formula is C16H16BrN3. The Morgan fingerprint density at radius 1 is 1.20 bits per heavy atom. The van der Waals surface area contributed by atoms with Gasteiger partial charge < -0.3 is 10.3 Å². The fourth-order valence-electron chi connectivity index (χ4n) is 2.19. The standard InChI is InChI=1S/C16H16BrN3/c1-11(18-10-12-5-4-6-13(17)9-12)16-19-14-7-2-3-8-15(14)20-16/h2-9,11,18H,10H2,1H3,(H,19,20). The van der Waals surface area contributed by atoms with Gasteiger partial charge in [-0.2, -0.15) is 0 Å². The normalized spacial score (nSPS) is 12.7. The first kappa shape index (κ1) is 13.3. The molecule has 0 spiro atoms. The average Bonchev–Trinajstić information content (AvgIpc) is 2.89. The molecule has 3 aromatic rings. The van der Waals surface area contributed by atoms with Gasteiger partial charge in [-0.15, -0.1) is 0 Å². The van der Waals surface area contributed by atoms with E-state index in [1.165, 1.54) is 5.56 Å². The fraction of sp³-hybridized carbons (Fsp3) is 0.188. The Morgan fingerprint density at radius 2 is 2.05 bits per heavy atom. The van der Waals surface area contributed by atoms with Crippen LogP contribution < -0.4 is 5.32 Å². The number of halogens is 1. The Morgan fingerprint density at radius 3 is 2.85 bits per heavy atom. The van der Waals surface area contributed by atoms with Crippen molar-refractivity contribution in [2.45, 2.75) is 19.5 Å². The van der Waals surface area contributed by atoms with Crippen molar-refractivity contribution >= 4 is 27.0 Å². The van der Waals surface area contributed by atoms with E-state index in [-0.39, 0.29) is 6.04 Å². The van der Waals surface area contributed by atoms with E-state index in [0.29, 0.717) is 0 Å². The SMILES string of the molecule is CC(NCc1cccc(Br)c1)c1nc2ccccc2[nH]1. The zero-order chi connectivity index (χ0) is 13.9. The van der Waals surface area contributed by atoms with Gasteiger partial charge in [-0.3, -0.25) is 0 Å². The van der Waals surface area contributed by atoms with Crippen LogP contribution in [0.2, 0.25) is 0 Å². The van der Waals surface area contributed by atoms with Crippen LogP contribution in [-0.2, 0) is 6.54 Å². The van der Waals surface area contributed by atoms with Crippen molar-refractivity contribution in [1.82, 2.24) is 15.3 Å². The highest BCUT2D eigenvalue weighted by molar-refractivity contribution is 9.10. The molecule has 0 aliphatic heterocycles. The number of hydrogen-bond donors (Lipinski definition) is 2. The average molecular weight is 330 g/mol. The molecule has 1 heterocycles. The number of benzene rings is 2. The lowest BCUT2D eigenvalue weighted by molar-refractivity contribution is 0.552. The minimum Gasteiger partial charge on any atom is -0.341 e. The van der Waals surface area contributed by atoms with E-state index in [1.54, 1.807) is 0 Å². The predicted octanol–water partition coefficient (Wildman–Crippen LogP) is 4.18. The minimum atomic E-state index is 0.182. The zero-order valence-electron chi connectivity index (χ0n) is 11.2. The summed E-state index contributed by atoms with van der Waals surface area (Å²) >= 11 is 3.49. The molecule has 1 atom stereocenters. The molecule has 0 saturated heterocycles. The molecule has 0 amide bonds. The van der Waals surface area contributed by atoms with Gasteiger partial charge in [0.05, 0.1) is 17.1 Å². The number of imidazole rings is 1. The molecule has 0 radical (unpaired) electrons. The van der Waals surface area contributed by atoms with Gasteiger partial charge in [-0.05, 0) is 36.8 Å². The van der Waals surface area contributed by atoms with Crippen molar-refractivity contribution in [3.05, 3.63) is 64.4 Å². The minimum absolute atomic E-state index is 0.182. The molecule has 3 nitrogen and oxygen atoms in total. The van der Waals surface area contributed by atoms with Crippen molar-refractivity contribution in [2.75, 3.05) is 0 Å². The highest BCUT2D eigenvalue weighted by atomic mass is 79.9. The monoisotopic (exact) mass is 329 g/mol. The van der Waals surface area contributed by atoms with Crippen molar-refractivity contribution in [1.29, 1.82) is 0 Å². The van der Waals surface area contributed by atoms with Crippen LogP contribution in [0.15, 0.2) is 53.0 Å². The van der Waals surface area contributed by atoms with Crippen LogP contribution in [-0.4, -0.2) is 9.97 Å². The summed E-state index contributed by atoms with van der Waals surface area (Å²) in [5, 5.41) is 3.49. The number of nitrogens with zero attached hydrogens (tertiary/aromatic N) is 1. The van der Waals surface area contributed by atoms with Gasteiger partial charge in [0, 0.05) is 11.0 Å². The van der Waals surface area contributed by atoms with Gasteiger partial charge in [0.1, 0.15) is 5.82 Å². The number of rotatable bonds is 4. The predicted molar refractivity (Wildman–Crippen MR) is 85.5 cm³/mol. The summed E-state index contributed by atoms with van der Waals surface area (Å²) in [7, 11) is 0. The number of H-pyrrole nitrogens is 1. The highest BCUT2D eigenvalue weighted by Crippen LogP contribution is 2.17. The smallest absolute Gasteiger partial charge is 0.124 e. The second-order valence-corrected chi connectivity index (χ2v) is 5.79. The first-order chi connectivity index (χ1) is 9.72. The first-order valence-corrected chi connectivity index (χ1v) is 7.44. The third-order valence-electron chi connectivity index (χ3n) is 3.32. The summed E-state index contributed by atoms with van der Waals surface area (Å²) in [6.07, 6.45) is 0. The van der Waals surface area contributed by atoms with E-state index in [4.69, 9.17) is 0 Å². The zero-order valence-corrected chi connectivity index (χ0v) is 12.8. The van der Waals surface area contributed by atoms with Gasteiger partial charge in [0.25, 0.3) is 0 Å². The lowest BCUT2D eigenvalue weighted by atomic mass is 10.2. The number of aromatic amines is 1. The molecule has 1 unspecified atom stereocenters. The molecule has 0 fully saturated rings. The highest BCUT2D eigenvalue weighted by Gasteiger charge is 2.09. The van der Waals surface area contributed by atoms with E-state index in [9.17, 15) is 0 Å². The van der Waals surface area contributed by atoms with Crippen molar-refractivity contribution < 1.29 is 0 Å². The Bertz CT molecular complexity index is 687. The van der Waals surface area contributed by atoms with Gasteiger partial charge in [-0.1, -0.05) is 40.2 Å². The molecule has 102 valence electrons. The first-order valence-electron chi connectivity index (χ1n) is 6.65. The van der Waals surface area contributed by atoms with Crippen LogP contribution in [0.5, 0.6) is 0 Å². The van der Waals surface area contributed by atoms with E-state index in [1.807, 2.05) is 36.4 Å². The van der Waals surface area contributed by atoms with Gasteiger partial charge in [0.15, 0.2) is 0 Å². The van der Waals surface area contributed by atoms with Crippen LogP contribution in [0, 0.1) is 0 Å². The van der Waals surface area contributed by atoms with Crippen molar-refractivity contribution in [3.8, 4) is 0 Å². The summed E-state index contributed by atoms with van der Waals surface area (Å²) in [5.41, 5.74) is 3.35. The largest absolute Gasteiger partial charge is 0.341 e. The van der Waals surface area contributed by atoms with Gasteiger partial charge in [-0.25, -0.2) is 4.98 Å². The van der Waals surface area contributed by atoms with E-state index < -0.39 is 0 Å². The molecule has 20 heavy (non-hydrogen) atoms. The molecular weight excluding hydrogens is 314 g/mol. The maximum absolute atomic E-state index is 4.62. The topological polar surface area (TPSA) is 40.7 Å². The van der Waals surface area contributed by atoms with Crippen LogP contribution in [0.25, 0.3) is 11.0 Å². The molecule has 1 aromatic heterocycles. The summed E-state index contributed by atoms with van der Waals surface area (Å²) in [6.45, 7) is 2.94. The third kappa shape index (κ3) is 2.92. The Labute approximate surface area is 126 Å². The second-order valence-electron chi connectivity index (χ2n) is 4.87.